The molecule has 3 heterocycles. The summed E-state index contributed by atoms with van der Waals surface area (Å²) < 4.78 is 39.3. The van der Waals surface area contributed by atoms with Gasteiger partial charge >= 0.3 is 0 Å². The topological polar surface area (TPSA) is 86.4 Å². The molecular formula is C18H21FN4O3S. The van der Waals surface area contributed by atoms with E-state index in [1.54, 1.807) is 24.0 Å². The number of imidazole rings is 1. The third-order valence-electron chi connectivity index (χ3n) is 5.48. The Morgan fingerprint density at radius 1 is 1.30 bits per heavy atom. The van der Waals surface area contributed by atoms with E-state index in [0.717, 1.165) is 0 Å². The van der Waals surface area contributed by atoms with Crippen LogP contribution in [-0.2, 0) is 10.0 Å². The summed E-state index contributed by atoms with van der Waals surface area (Å²) in [5.74, 6) is 0.00242. The summed E-state index contributed by atoms with van der Waals surface area (Å²) >= 11 is 0. The largest absolute Gasteiger partial charge is 0.338 e. The van der Waals surface area contributed by atoms with Crippen LogP contribution in [0.1, 0.15) is 27.9 Å². The van der Waals surface area contributed by atoms with Crippen LogP contribution in [0.25, 0.3) is 0 Å². The number of aromatic amines is 1. The van der Waals surface area contributed by atoms with E-state index in [2.05, 4.69) is 9.97 Å². The number of amides is 1. The van der Waals surface area contributed by atoms with Gasteiger partial charge in [-0.1, -0.05) is 12.1 Å². The van der Waals surface area contributed by atoms with Crippen LogP contribution in [0.5, 0.6) is 0 Å². The average molecular weight is 392 g/mol. The quantitative estimate of drug-likeness (QED) is 0.859. The van der Waals surface area contributed by atoms with Crippen LogP contribution in [0, 0.1) is 24.6 Å². The minimum absolute atomic E-state index is 0.0148. The number of nitrogens with one attached hydrogen (secondary N) is 1. The molecule has 0 radical (unpaired) electrons. The Hall–Kier alpha value is -2.26. The van der Waals surface area contributed by atoms with Crippen molar-refractivity contribution >= 4 is 15.9 Å². The molecule has 2 aliphatic heterocycles. The normalized spacial score (nSPS) is 25.7. The number of rotatable bonds is 3. The van der Waals surface area contributed by atoms with E-state index >= 15 is 0 Å². The van der Waals surface area contributed by atoms with Crippen molar-refractivity contribution in [2.45, 2.75) is 13.0 Å². The number of carbonyl (C=O) groups excluding carboxylic acids is 1. The fourth-order valence-electron chi connectivity index (χ4n) is 4.29. The highest BCUT2D eigenvalue weighted by Gasteiger charge is 2.51. The van der Waals surface area contributed by atoms with E-state index in [4.69, 9.17) is 0 Å². The van der Waals surface area contributed by atoms with E-state index < -0.39 is 10.0 Å². The lowest BCUT2D eigenvalue weighted by atomic mass is 9.89. The van der Waals surface area contributed by atoms with E-state index in [0.29, 0.717) is 36.7 Å². The Morgan fingerprint density at radius 3 is 2.70 bits per heavy atom. The number of carbonyl (C=O) groups is 1. The molecule has 27 heavy (non-hydrogen) atoms. The van der Waals surface area contributed by atoms with Gasteiger partial charge in [0.15, 0.2) is 0 Å². The molecule has 2 saturated heterocycles. The molecule has 4 rings (SSSR count). The lowest BCUT2D eigenvalue weighted by Crippen LogP contribution is -2.37. The molecule has 1 N–H and O–H groups in total. The maximum atomic E-state index is 13.9. The number of H-pyrrole nitrogens is 1. The Bertz CT molecular complexity index is 990. The van der Waals surface area contributed by atoms with Crippen LogP contribution in [0.3, 0.4) is 0 Å². The second-order valence-corrected chi connectivity index (χ2v) is 9.33. The van der Waals surface area contributed by atoms with Gasteiger partial charge in [0.05, 0.1) is 18.5 Å². The maximum Gasteiger partial charge on any atom is 0.272 e. The van der Waals surface area contributed by atoms with E-state index in [9.17, 15) is 17.6 Å². The molecule has 144 valence electrons. The highest BCUT2D eigenvalue weighted by atomic mass is 32.2. The molecule has 3 atom stereocenters. The zero-order valence-electron chi connectivity index (χ0n) is 15.1. The number of fused-ring (bicyclic) bond motifs is 1. The Morgan fingerprint density at radius 2 is 2.07 bits per heavy atom. The third kappa shape index (κ3) is 3.25. The van der Waals surface area contributed by atoms with Gasteiger partial charge in [0.1, 0.15) is 17.3 Å². The lowest BCUT2D eigenvalue weighted by molar-refractivity contribution is 0.0703. The number of aromatic nitrogens is 2. The second kappa shape index (κ2) is 6.42. The van der Waals surface area contributed by atoms with Gasteiger partial charge in [-0.25, -0.2) is 22.1 Å². The number of nitrogens with zero attached hydrogens (tertiary/aromatic N) is 3. The number of benzene rings is 1. The summed E-state index contributed by atoms with van der Waals surface area (Å²) in [5, 5.41) is 0. The molecule has 1 amide bonds. The summed E-state index contributed by atoms with van der Waals surface area (Å²) in [4.78, 5) is 21.8. The van der Waals surface area contributed by atoms with Crippen LogP contribution >= 0.6 is 0 Å². The van der Waals surface area contributed by atoms with Crippen LogP contribution in [0.2, 0.25) is 0 Å². The van der Waals surface area contributed by atoms with E-state index in [1.165, 1.54) is 28.9 Å². The number of likely N-dealkylation sites (tertiary alicyclic amines) is 1. The first-order valence-electron chi connectivity index (χ1n) is 8.77. The van der Waals surface area contributed by atoms with E-state index in [1.807, 2.05) is 0 Å². The zero-order valence-corrected chi connectivity index (χ0v) is 15.9. The van der Waals surface area contributed by atoms with Gasteiger partial charge < -0.3 is 9.88 Å². The second-order valence-electron chi connectivity index (χ2n) is 7.34. The molecule has 2 aromatic rings. The Balaban J connectivity index is 1.71. The summed E-state index contributed by atoms with van der Waals surface area (Å²) in [6.45, 7) is 2.90. The number of hydrogen-bond donors (Lipinski definition) is 1. The molecule has 0 bridgehead atoms. The monoisotopic (exact) mass is 392 g/mol. The minimum atomic E-state index is -3.31. The van der Waals surface area contributed by atoms with Gasteiger partial charge in [-0.3, -0.25) is 4.79 Å². The van der Waals surface area contributed by atoms with E-state index in [-0.39, 0.29) is 29.6 Å². The number of aryl methyl sites for hydroxylation is 1. The summed E-state index contributed by atoms with van der Waals surface area (Å²) in [6, 6.07) is 5.81. The first-order chi connectivity index (χ1) is 12.7. The van der Waals surface area contributed by atoms with Crippen molar-refractivity contribution in [3.8, 4) is 0 Å². The SMILES string of the molecule is Cc1ncc(C(=O)N2C[C@@H]3CN(S(C)(=O)=O)C[C@@H]3[C@H]2c2cccc(F)c2)[nH]1. The fourth-order valence-corrected chi connectivity index (χ4v) is 5.19. The van der Waals surface area contributed by atoms with Gasteiger partial charge in [-0.15, -0.1) is 0 Å². The van der Waals surface area contributed by atoms with Crippen molar-refractivity contribution in [3.63, 3.8) is 0 Å². The van der Waals surface area contributed by atoms with Crippen LogP contribution in [-0.4, -0.2) is 59.4 Å². The third-order valence-corrected chi connectivity index (χ3v) is 6.72. The molecule has 0 unspecified atom stereocenters. The van der Waals surface area contributed by atoms with Gasteiger partial charge in [-0.2, -0.15) is 0 Å². The van der Waals surface area contributed by atoms with Crippen molar-refractivity contribution in [2.24, 2.45) is 11.8 Å². The molecular weight excluding hydrogens is 371 g/mol. The zero-order chi connectivity index (χ0) is 19.3. The molecule has 0 aliphatic carbocycles. The Kier molecular flexibility index (Phi) is 4.31. The molecule has 1 aromatic heterocycles. The fraction of sp³-hybridized carbons (Fsp3) is 0.444. The molecule has 0 spiro atoms. The summed E-state index contributed by atoms with van der Waals surface area (Å²) in [6.07, 6.45) is 2.69. The van der Waals surface area contributed by atoms with Gasteiger partial charge in [0, 0.05) is 25.6 Å². The van der Waals surface area contributed by atoms with Gasteiger partial charge in [0.2, 0.25) is 10.0 Å². The minimum Gasteiger partial charge on any atom is -0.338 e. The van der Waals surface area contributed by atoms with Crippen molar-refractivity contribution < 1.29 is 17.6 Å². The molecule has 1 aromatic carbocycles. The molecule has 7 nitrogen and oxygen atoms in total. The first kappa shape index (κ1) is 18.1. The predicted molar refractivity (Wildman–Crippen MR) is 96.9 cm³/mol. The molecule has 9 heteroatoms. The molecule has 0 saturated carbocycles. The first-order valence-corrected chi connectivity index (χ1v) is 10.6. The van der Waals surface area contributed by atoms with Crippen molar-refractivity contribution in [1.82, 2.24) is 19.2 Å². The summed E-state index contributed by atoms with van der Waals surface area (Å²) in [7, 11) is -3.31. The number of sulfonamides is 1. The predicted octanol–water partition coefficient (Wildman–Crippen LogP) is 1.56. The van der Waals surface area contributed by atoms with Crippen LogP contribution < -0.4 is 0 Å². The Labute approximate surface area is 157 Å². The van der Waals surface area contributed by atoms with Crippen LogP contribution in [0.4, 0.5) is 4.39 Å². The number of halogens is 1. The lowest BCUT2D eigenvalue weighted by Gasteiger charge is -2.29. The average Bonchev–Trinajstić information content (AvgIpc) is 3.26. The van der Waals surface area contributed by atoms with Crippen LogP contribution in [0.15, 0.2) is 30.5 Å². The van der Waals surface area contributed by atoms with Crippen molar-refractivity contribution in [3.05, 3.63) is 53.4 Å². The van der Waals surface area contributed by atoms with Crippen molar-refractivity contribution in [2.75, 3.05) is 25.9 Å². The van der Waals surface area contributed by atoms with Gasteiger partial charge in [-0.05, 0) is 30.5 Å². The van der Waals surface area contributed by atoms with Crippen molar-refractivity contribution in [1.29, 1.82) is 0 Å². The smallest absolute Gasteiger partial charge is 0.272 e. The standard InChI is InChI=1S/C18H21FN4O3S/c1-11-20-7-16(21-11)18(24)23-9-13-8-22(27(2,25)26)10-15(13)17(23)12-4-3-5-14(19)6-12/h3-7,13,15,17H,8-10H2,1-2H3,(H,20,21)/t13-,15-,17+/m0/s1. The number of hydrogen-bond acceptors (Lipinski definition) is 4. The summed E-state index contributed by atoms with van der Waals surface area (Å²) in [5.41, 5.74) is 1.07. The maximum absolute atomic E-state index is 13.9. The highest BCUT2D eigenvalue weighted by Crippen LogP contribution is 2.46. The molecule has 2 aliphatic rings. The molecule has 2 fully saturated rings. The highest BCUT2D eigenvalue weighted by molar-refractivity contribution is 7.88. The van der Waals surface area contributed by atoms with Gasteiger partial charge in [0.25, 0.3) is 5.91 Å².